The fourth-order valence-electron chi connectivity index (χ4n) is 2.00. The minimum absolute atomic E-state index is 0. The third kappa shape index (κ3) is 4.87. The molecule has 1 aromatic carbocycles. The molecule has 0 atom stereocenters. The Morgan fingerprint density at radius 1 is 1.14 bits per heavy atom. The average Bonchev–Trinajstić information content (AvgIpc) is 2.94. The molecule has 0 saturated heterocycles. The molecule has 0 radical (unpaired) electrons. The fraction of sp³-hybridized carbons (Fsp3) is 0.429. The monoisotopic (exact) mass is 328 g/mol. The Bertz CT molecular complexity index is 569. The maximum atomic E-state index is 5.44. The van der Waals surface area contributed by atoms with Gasteiger partial charge in [-0.3, -0.25) is 4.90 Å². The first-order valence-corrected chi connectivity index (χ1v) is 6.56. The lowest BCUT2D eigenvalue weighted by molar-refractivity contribution is 0.298. The number of benzene rings is 1. The highest BCUT2D eigenvalue weighted by Gasteiger charge is 2.10. The standard InChI is InChI=1S/C14H20N4O3.ClH/c1-18(9-13-16-14(7-15)21-17-13)8-10-4-11(19-2)6-12(5-10)20-3;/h4-6H,7-9,15H2,1-3H3;1H. The van der Waals surface area contributed by atoms with Gasteiger partial charge in [0.15, 0.2) is 5.82 Å². The molecule has 0 amide bonds. The molecular formula is C14H21ClN4O3. The Morgan fingerprint density at radius 2 is 1.77 bits per heavy atom. The van der Waals surface area contributed by atoms with Gasteiger partial charge in [0.2, 0.25) is 5.89 Å². The summed E-state index contributed by atoms with van der Waals surface area (Å²) >= 11 is 0. The van der Waals surface area contributed by atoms with Crippen molar-refractivity contribution in [3.8, 4) is 11.5 Å². The first-order chi connectivity index (χ1) is 10.1. The minimum atomic E-state index is 0. The highest BCUT2D eigenvalue weighted by molar-refractivity contribution is 5.85. The van der Waals surface area contributed by atoms with E-state index >= 15 is 0 Å². The van der Waals surface area contributed by atoms with E-state index in [-0.39, 0.29) is 19.0 Å². The molecule has 2 aromatic rings. The van der Waals surface area contributed by atoms with Crippen LogP contribution in [0.3, 0.4) is 0 Å². The van der Waals surface area contributed by atoms with E-state index in [0.717, 1.165) is 17.1 Å². The minimum Gasteiger partial charge on any atom is -0.497 e. The zero-order valence-electron chi connectivity index (χ0n) is 12.9. The van der Waals surface area contributed by atoms with Crippen LogP contribution in [0.1, 0.15) is 17.3 Å². The topological polar surface area (TPSA) is 86.6 Å². The smallest absolute Gasteiger partial charge is 0.240 e. The second-order valence-electron chi connectivity index (χ2n) is 4.70. The molecule has 1 aromatic heterocycles. The largest absolute Gasteiger partial charge is 0.497 e. The molecule has 22 heavy (non-hydrogen) atoms. The van der Waals surface area contributed by atoms with Gasteiger partial charge in [0.25, 0.3) is 0 Å². The number of ether oxygens (including phenoxy) is 2. The number of hydrogen-bond acceptors (Lipinski definition) is 7. The second kappa shape index (κ2) is 8.57. The SMILES string of the molecule is COc1cc(CN(C)Cc2noc(CN)n2)cc(OC)c1.Cl. The third-order valence-corrected chi connectivity index (χ3v) is 2.96. The summed E-state index contributed by atoms with van der Waals surface area (Å²) in [5, 5.41) is 3.88. The van der Waals surface area contributed by atoms with Crippen molar-refractivity contribution in [2.24, 2.45) is 5.73 Å². The summed E-state index contributed by atoms with van der Waals surface area (Å²) in [6.07, 6.45) is 0. The number of halogens is 1. The predicted molar refractivity (Wildman–Crippen MR) is 84.2 cm³/mol. The van der Waals surface area contributed by atoms with Crippen molar-refractivity contribution < 1.29 is 14.0 Å². The van der Waals surface area contributed by atoms with Gasteiger partial charge in [0, 0.05) is 12.6 Å². The molecule has 0 unspecified atom stereocenters. The van der Waals surface area contributed by atoms with E-state index in [4.69, 9.17) is 19.7 Å². The van der Waals surface area contributed by atoms with Crippen LogP contribution >= 0.6 is 12.4 Å². The van der Waals surface area contributed by atoms with Crippen LogP contribution in [-0.2, 0) is 19.6 Å². The van der Waals surface area contributed by atoms with E-state index in [1.165, 1.54) is 0 Å². The van der Waals surface area contributed by atoms with Crippen LogP contribution in [-0.4, -0.2) is 36.3 Å². The lowest BCUT2D eigenvalue weighted by Gasteiger charge is -2.16. The van der Waals surface area contributed by atoms with Crippen LogP contribution in [0.4, 0.5) is 0 Å². The van der Waals surface area contributed by atoms with Crippen LogP contribution < -0.4 is 15.2 Å². The quantitative estimate of drug-likeness (QED) is 0.826. The summed E-state index contributed by atoms with van der Waals surface area (Å²) in [6, 6.07) is 5.79. The maximum absolute atomic E-state index is 5.44. The summed E-state index contributed by atoms with van der Waals surface area (Å²) in [6.45, 7) is 1.53. The normalized spacial score (nSPS) is 10.4. The molecular weight excluding hydrogens is 308 g/mol. The molecule has 0 fully saturated rings. The molecule has 2 N–H and O–H groups in total. The Morgan fingerprint density at radius 3 is 2.27 bits per heavy atom. The van der Waals surface area contributed by atoms with Crippen LogP contribution in [0, 0.1) is 0 Å². The summed E-state index contributed by atoms with van der Waals surface area (Å²) in [4.78, 5) is 6.25. The van der Waals surface area contributed by atoms with Gasteiger partial charge >= 0.3 is 0 Å². The van der Waals surface area contributed by atoms with Gasteiger partial charge in [0.05, 0.1) is 27.3 Å². The van der Waals surface area contributed by atoms with Gasteiger partial charge < -0.3 is 19.7 Å². The number of aromatic nitrogens is 2. The first kappa shape index (κ1) is 18.2. The molecule has 1 heterocycles. The number of rotatable bonds is 7. The van der Waals surface area contributed by atoms with Gasteiger partial charge in [-0.25, -0.2) is 0 Å². The van der Waals surface area contributed by atoms with Crippen LogP contribution in [0.5, 0.6) is 11.5 Å². The van der Waals surface area contributed by atoms with Gasteiger partial charge in [-0.2, -0.15) is 4.98 Å². The van der Waals surface area contributed by atoms with Gasteiger partial charge in [-0.1, -0.05) is 5.16 Å². The first-order valence-electron chi connectivity index (χ1n) is 6.56. The van der Waals surface area contributed by atoms with Crippen molar-refractivity contribution in [3.05, 3.63) is 35.5 Å². The van der Waals surface area contributed by atoms with Crippen molar-refractivity contribution in [1.29, 1.82) is 0 Å². The van der Waals surface area contributed by atoms with Gasteiger partial charge in [-0.15, -0.1) is 12.4 Å². The predicted octanol–water partition coefficient (Wildman–Crippen LogP) is 1.60. The van der Waals surface area contributed by atoms with Crippen molar-refractivity contribution in [2.45, 2.75) is 19.6 Å². The number of nitrogens with two attached hydrogens (primary N) is 1. The van der Waals surface area contributed by atoms with Crippen molar-refractivity contribution in [2.75, 3.05) is 21.3 Å². The van der Waals surface area contributed by atoms with Crippen LogP contribution in [0.25, 0.3) is 0 Å². The molecule has 0 saturated carbocycles. The van der Waals surface area contributed by atoms with Gasteiger partial charge in [0.1, 0.15) is 11.5 Å². The van der Waals surface area contributed by atoms with E-state index in [0.29, 0.717) is 24.8 Å². The number of methoxy groups -OCH3 is 2. The number of nitrogens with zero attached hydrogens (tertiary/aromatic N) is 3. The highest BCUT2D eigenvalue weighted by Crippen LogP contribution is 2.23. The van der Waals surface area contributed by atoms with E-state index in [1.807, 2.05) is 25.2 Å². The average molecular weight is 329 g/mol. The number of hydrogen-bond donors (Lipinski definition) is 1. The molecule has 122 valence electrons. The zero-order valence-corrected chi connectivity index (χ0v) is 13.7. The van der Waals surface area contributed by atoms with E-state index in [9.17, 15) is 0 Å². The molecule has 2 rings (SSSR count). The summed E-state index contributed by atoms with van der Waals surface area (Å²) in [7, 11) is 5.25. The maximum Gasteiger partial charge on any atom is 0.240 e. The molecule has 0 aliphatic heterocycles. The summed E-state index contributed by atoms with van der Waals surface area (Å²) in [5.74, 6) is 2.60. The Labute approximate surface area is 135 Å². The zero-order chi connectivity index (χ0) is 15.2. The highest BCUT2D eigenvalue weighted by atomic mass is 35.5. The van der Waals surface area contributed by atoms with E-state index in [2.05, 4.69) is 15.0 Å². The van der Waals surface area contributed by atoms with Crippen LogP contribution in [0.15, 0.2) is 22.7 Å². The van der Waals surface area contributed by atoms with Crippen LogP contribution in [0.2, 0.25) is 0 Å². The second-order valence-corrected chi connectivity index (χ2v) is 4.70. The summed E-state index contributed by atoms with van der Waals surface area (Å²) < 4.78 is 15.5. The van der Waals surface area contributed by atoms with Crippen molar-refractivity contribution in [1.82, 2.24) is 15.0 Å². The van der Waals surface area contributed by atoms with Gasteiger partial charge in [-0.05, 0) is 24.7 Å². The molecule has 0 bridgehead atoms. The Balaban J connectivity index is 0.00000242. The van der Waals surface area contributed by atoms with E-state index in [1.54, 1.807) is 14.2 Å². The lowest BCUT2D eigenvalue weighted by Crippen LogP contribution is -2.18. The summed E-state index contributed by atoms with van der Waals surface area (Å²) in [5.41, 5.74) is 6.52. The van der Waals surface area contributed by atoms with Crippen molar-refractivity contribution in [3.63, 3.8) is 0 Å². The lowest BCUT2D eigenvalue weighted by atomic mass is 10.2. The molecule has 7 nitrogen and oxygen atoms in total. The fourth-order valence-corrected chi connectivity index (χ4v) is 2.00. The Kier molecular flexibility index (Phi) is 7.10. The Hall–Kier alpha value is -1.83. The molecule has 0 aliphatic carbocycles. The van der Waals surface area contributed by atoms with E-state index < -0.39 is 0 Å². The molecule has 0 aliphatic rings. The van der Waals surface area contributed by atoms with Crippen molar-refractivity contribution >= 4 is 12.4 Å². The third-order valence-electron chi connectivity index (χ3n) is 2.96. The molecule has 0 spiro atoms. The molecule has 8 heteroatoms.